The topological polar surface area (TPSA) is 100 Å². The van der Waals surface area contributed by atoms with Gasteiger partial charge in [-0.3, -0.25) is 19.9 Å². The van der Waals surface area contributed by atoms with Crippen LogP contribution in [-0.2, 0) is 15.1 Å². The van der Waals surface area contributed by atoms with E-state index in [2.05, 4.69) is 11.4 Å². The molecule has 2 atom stereocenters. The van der Waals surface area contributed by atoms with Crippen LogP contribution in [0.1, 0.15) is 35.3 Å². The molecule has 0 spiro atoms. The fourth-order valence-corrected chi connectivity index (χ4v) is 5.72. The Bertz CT molecular complexity index is 1360. The van der Waals surface area contributed by atoms with Gasteiger partial charge in [0.05, 0.1) is 23.1 Å². The van der Waals surface area contributed by atoms with Gasteiger partial charge in [0.25, 0.3) is 0 Å². The molecule has 0 bridgehead atoms. The quantitative estimate of drug-likeness (QED) is 0.564. The van der Waals surface area contributed by atoms with Crippen LogP contribution in [0.15, 0.2) is 60.7 Å². The second kappa shape index (κ2) is 8.12. The number of benzene rings is 2. The fraction of sp³-hybridized carbons (Fsp3) is 0.231. The third-order valence-corrected chi connectivity index (χ3v) is 8.02. The Balaban J connectivity index is 1.54. The lowest BCUT2D eigenvalue weighted by Gasteiger charge is -2.45. The molecule has 7 nitrogen and oxygen atoms in total. The molecule has 0 radical (unpaired) electrons. The summed E-state index contributed by atoms with van der Waals surface area (Å²) in [5, 5.41) is 20.9. The second-order valence-electron chi connectivity index (χ2n) is 8.75. The smallest absolute Gasteiger partial charge is 0.239 e. The average Bonchev–Trinajstić information content (AvgIpc) is 3.34. The molecule has 2 aliphatic heterocycles. The number of nitriles is 1. The van der Waals surface area contributed by atoms with Crippen molar-refractivity contribution in [2.45, 2.75) is 24.8 Å². The van der Waals surface area contributed by atoms with E-state index in [9.17, 15) is 14.9 Å². The van der Waals surface area contributed by atoms with Crippen LogP contribution in [0.4, 0.5) is 5.69 Å². The molecule has 2 saturated heterocycles. The molecule has 2 aromatic carbocycles. The molecule has 2 aliphatic rings. The molecule has 1 aromatic heterocycles. The molecule has 1 unspecified atom stereocenters. The van der Waals surface area contributed by atoms with Gasteiger partial charge < -0.3 is 10.2 Å². The van der Waals surface area contributed by atoms with E-state index < -0.39 is 11.5 Å². The minimum atomic E-state index is -0.843. The maximum atomic E-state index is 13.5. The number of nitrogens with one attached hydrogen (secondary N) is 2. The van der Waals surface area contributed by atoms with Crippen molar-refractivity contribution in [3.8, 4) is 16.5 Å². The van der Waals surface area contributed by atoms with Crippen molar-refractivity contribution in [1.29, 1.82) is 10.7 Å². The van der Waals surface area contributed by atoms with Gasteiger partial charge in [0.1, 0.15) is 0 Å². The average molecular weight is 470 g/mol. The molecule has 5 rings (SSSR count). The summed E-state index contributed by atoms with van der Waals surface area (Å²) >= 11 is 1.54. The zero-order chi connectivity index (χ0) is 24.0. The summed E-state index contributed by atoms with van der Waals surface area (Å²) in [4.78, 5) is 30.3. The van der Waals surface area contributed by atoms with Gasteiger partial charge in [-0.1, -0.05) is 24.3 Å². The molecular formula is C26H23N5O2S. The van der Waals surface area contributed by atoms with E-state index in [4.69, 9.17) is 5.41 Å². The normalized spacial score (nSPS) is 22.3. The van der Waals surface area contributed by atoms with Crippen LogP contribution in [0.5, 0.6) is 0 Å². The van der Waals surface area contributed by atoms with E-state index in [1.807, 2.05) is 61.5 Å². The van der Waals surface area contributed by atoms with Gasteiger partial charge in [0, 0.05) is 35.5 Å². The van der Waals surface area contributed by atoms with Crippen molar-refractivity contribution in [2.24, 2.45) is 0 Å². The Labute approximate surface area is 201 Å². The van der Waals surface area contributed by atoms with Crippen LogP contribution in [0.25, 0.3) is 10.4 Å². The van der Waals surface area contributed by atoms with Gasteiger partial charge >= 0.3 is 0 Å². The Kier molecular flexibility index (Phi) is 5.22. The molecule has 3 heterocycles. The minimum absolute atomic E-state index is 0.0490. The summed E-state index contributed by atoms with van der Waals surface area (Å²) in [5.41, 5.74) is 2.33. The highest BCUT2D eigenvalue weighted by atomic mass is 32.1. The number of anilines is 1. The summed E-state index contributed by atoms with van der Waals surface area (Å²) in [6.45, 7) is 2.66. The lowest BCUT2D eigenvalue weighted by molar-refractivity contribution is -0.131. The van der Waals surface area contributed by atoms with E-state index in [0.717, 1.165) is 26.6 Å². The summed E-state index contributed by atoms with van der Waals surface area (Å²) in [5.74, 6) is -0.578. The first-order valence-electron chi connectivity index (χ1n) is 11.0. The predicted molar refractivity (Wildman–Crippen MR) is 132 cm³/mol. The number of β-lactam (4-membered cyclic amide) rings is 1. The lowest BCUT2D eigenvalue weighted by atomic mass is 9.77. The van der Waals surface area contributed by atoms with Gasteiger partial charge in [-0.05, 0) is 54.4 Å². The number of carbonyl (C=O) groups excluding carboxylic acids is 2. The predicted octanol–water partition coefficient (Wildman–Crippen LogP) is 4.02. The zero-order valence-corrected chi connectivity index (χ0v) is 19.6. The summed E-state index contributed by atoms with van der Waals surface area (Å²) in [7, 11) is 1.60. The molecule has 2 amide bonds. The van der Waals surface area contributed by atoms with E-state index >= 15 is 0 Å². The van der Waals surface area contributed by atoms with Gasteiger partial charge in [-0.2, -0.15) is 5.26 Å². The van der Waals surface area contributed by atoms with Crippen molar-refractivity contribution in [3.05, 3.63) is 76.7 Å². The first kappa shape index (κ1) is 21.9. The van der Waals surface area contributed by atoms with E-state index in [1.165, 1.54) is 4.90 Å². The Hall–Kier alpha value is -3.96. The van der Waals surface area contributed by atoms with Gasteiger partial charge in [0.15, 0.2) is 5.96 Å². The van der Waals surface area contributed by atoms with Crippen LogP contribution >= 0.6 is 11.3 Å². The highest BCUT2D eigenvalue weighted by molar-refractivity contribution is 7.15. The first-order valence-corrected chi connectivity index (χ1v) is 11.8. The Morgan fingerprint density at radius 1 is 1.15 bits per heavy atom. The number of guanidine groups is 1. The van der Waals surface area contributed by atoms with E-state index in [1.54, 1.807) is 29.4 Å². The highest BCUT2D eigenvalue weighted by Crippen LogP contribution is 2.45. The van der Waals surface area contributed by atoms with Crippen molar-refractivity contribution in [3.63, 3.8) is 0 Å². The molecule has 3 aromatic rings. The van der Waals surface area contributed by atoms with Crippen molar-refractivity contribution < 1.29 is 9.59 Å². The largest absolute Gasteiger partial charge is 0.345 e. The van der Waals surface area contributed by atoms with Crippen LogP contribution in [0, 0.1) is 16.7 Å². The van der Waals surface area contributed by atoms with Crippen LogP contribution in [0.3, 0.4) is 0 Å². The van der Waals surface area contributed by atoms with E-state index in [-0.39, 0.29) is 17.8 Å². The summed E-state index contributed by atoms with van der Waals surface area (Å²) < 4.78 is 0. The van der Waals surface area contributed by atoms with Gasteiger partial charge in [-0.15, -0.1) is 11.3 Å². The highest BCUT2D eigenvalue weighted by Gasteiger charge is 2.49. The second-order valence-corrected chi connectivity index (χ2v) is 9.83. The monoisotopic (exact) mass is 469 g/mol. The number of nitrogens with zero attached hydrogens (tertiary/aromatic N) is 3. The standard InChI is InChI=1S/C26H23N5O2S/c1-26(21-11-10-20(34-21)18-5-3-4-16(14-18)15-27)23(24(33)30(2)25(28)29-26)17-6-8-19(9-7-17)31-13-12-22(31)32/h3-11,14,23H,12-13H2,1-2H3,(H2,28,29)/t23?,26-/m1/s1. The number of hydrogen-bond donors (Lipinski definition) is 2. The molecule has 34 heavy (non-hydrogen) atoms. The molecular weight excluding hydrogens is 446 g/mol. The first-order chi connectivity index (χ1) is 16.3. The minimum Gasteiger partial charge on any atom is -0.345 e. The third kappa shape index (κ3) is 3.45. The fourth-order valence-electron chi connectivity index (χ4n) is 4.58. The molecule has 170 valence electrons. The SMILES string of the molecule is CN1C(=N)N[C@](C)(c2ccc(-c3cccc(C#N)c3)s2)C(c2ccc(N3CCC3=O)cc2)C1=O. The maximum absolute atomic E-state index is 13.5. The molecule has 2 N–H and O–H groups in total. The van der Waals surface area contributed by atoms with Crippen LogP contribution in [0.2, 0.25) is 0 Å². The summed E-state index contributed by atoms with van der Waals surface area (Å²) in [6, 6.07) is 21.1. The van der Waals surface area contributed by atoms with Crippen molar-refractivity contribution in [1.82, 2.24) is 10.2 Å². The van der Waals surface area contributed by atoms with Crippen LogP contribution in [-0.4, -0.2) is 36.3 Å². The molecule has 2 fully saturated rings. The molecule has 0 saturated carbocycles. The number of hydrogen-bond acceptors (Lipinski definition) is 5. The van der Waals surface area contributed by atoms with Crippen molar-refractivity contribution >= 4 is 34.8 Å². The van der Waals surface area contributed by atoms with Crippen LogP contribution < -0.4 is 10.2 Å². The lowest BCUT2D eigenvalue weighted by Crippen LogP contribution is -2.62. The number of carbonyl (C=O) groups is 2. The number of thiophene rings is 1. The van der Waals surface area contributed by atoms with Gasteiger partial charge in [-0.25, -0.2) is 0 Å². The number of likely N-dealkylation sites (N-methyl/N-ethyl adjacent to an activating group) is 1. The Morgan fingerprint density at radius 2 is 1.91 bits per heavy atom. The Morgan fingerprint density at radius 3 is 2.56 bits per heavy atom. The van der Waals surface area contributed by atoms with E-state index in [0.29, 0.717) is 18.5 Å². The van der Waals surface area contributed by atoms with Gasteiger partial charge in [0.2, 0.25) is 11.8 Å². The van der Waals surface area contributed by atoms with Crippen molar-refractivity contribution in [2.75, 3.05) is 18.5 Å². The number of rotatable bonds is 4. The molecule has 0 aliphatic carbocycles. The number of amides is 2. The third-order valence-electron chi connectivity index (χ3n) is 6.65. The maximum Gasteiger partial charge on any atom is 0.239 e. The summed E-state index contributed by atoms with van der Waals surface area (Å²) in [6.07, 6.45) is 0.565. The zero-order valence-electron chi connectivity index (χ0n) is 18.8. The molecule has 8 heteroatoms.